The van der Waals surface area contributed by atoms with E-state index in [9.17, 15) is 4.79 Å². The highest BCUT2D eigenvalue weighted by molar-refractivity contribution is 7.07. The largest absolute Gasteiger partial charge is 0.449 e. The van der Waals surface area contributed by atoms with Crippen molar-refractivity contribution in [3.05, 3.63) is 16.6 Å². The molecule has 1 aromatic rings. The molecular formula is C9H11N3O2S. The minimum Gasteiger partial charge on any atom is -0.449 e. The lowest BCUT2D eigenvalue weighted by atomic mass is 10.2. The van der Waals surface area contributed by atoms with Gasteiger partial charge >= 0.3 is 5.97 Å². The maximum atomic E-state index is 11.4. The summed E-state index contributed by atoms with van der Waals surface area (Å²) in [5, 5.41) is 13.0. The van der Waals surface area contributed by atoms with Gasteiger partial charge in [-0.2, -0.15) is 5.26 Å². The van der Waals surface area contributed by atoms with Crippen molar-refractivity contribution in [3.63, 3.8) is 0 Å². The quantitative estimate of drug-likeness (QED) is 0.731. The first-order valence-electron chi connectivity index (χ1n) is 4.36. The topological polar surface area (TPSA) is 75.0 Å². The summed E-state index contributed by atoms with van der Waals surface area (Å²) in [5.41, 5.74) is 2.55. The predicted molar refractivity (Wildman–Crippen MR) is 55.2 cm³/mol. The molecule has 0 saturated carbocycles. The normalized spacial score (nSPS) is 11.7. The second-order valence-electron chi connectivity index (χ2n) is 2.79. The molecule has 15 heavy (non-hydrogen) atoms. The zero-order chi connectivity index (χ0) is 11.1. The lowest BCUT2D eigenvalue weighted by Crippen LogP contribution is -2.37. The Kier molecular flexibility index (Phi) is 4.74. The number of rotatable bonds is 5. The number of carbonyl (C=O) groups excluding carboxylic acids is 1. The van der Waals surface area contributed by atoms with Gasteiger partial charge in [0, 0.05) is 11.8 Å². The van der Waals surface area contributed by atoms with Gasteiger partial charge in [-0.1, -0.05) is 0 Å². The van der Waals surface area contributed by atoms with Gasteiger partial charge in [-0.05, 0) is 7.05 Å². The molecule has 5 nitrogen and oxygen atoms in total. The zero-order valence-corrected chi connectivity index (χ0v) is 9.08. The van der Waals surface area contributed by atoms with Crippen LogP contribution < -0.4 is 5.32 Å². The third kappa shape index (κ3) is 3.65. The Morgan fingerprint density at radius 3 is 3.20 bits per heavy atom. The number of nitriles is 1. The number of esters is 1. The Morgan fingerprint density at radius 2 is 2.67 bits per heavy atom. The van der Waals surface area contributed by atoms with Crippen LogP contribution in [0, 0.1) is 11.3 Å². The molecule has 1 heterocycles. The van der Waals surface area contributed by atoms with Crippen LogP contribution in [0.3, 0.4) is 0 Å². The summed E-state index contributed by atoms with van der Waals surface area (Å²) >= 11 is 1.48. The summed E-state index contributed by atoms with van der Waals surface area (Å²) in [6, 6.07) is 1.31. The lowest BCUT2D eigenvalue weighted by Gasteiger charge is -2.12. The van der Waals surface area contributed by atoms with E-state index in [1.165, 1.54) is 11.3 Å². The molecule has 0 bridgehead atoms. The van der Waals surface area contributed by atoms with Crippen LogP contribution in [-0.4, -0.2) is 30.6 Å². The van der Waals surface area contributed by atoms with Crippen LogP contribution >= 0.6 is 11.3 Å². The van der Waals surface area contributed by atoms with Crippen LogP contribution in [0.5, 0.6) is 0 Å². The predicted octanol–water partition coefficient (Wildman–Crippen LogP) is 0.340. The van der Waals surface area contributed by atoms with E-state index in [0.29, 0.717) is 6.42 Å². The van der Waals surface area contributed by atoms with E-state index >= 15 is 0 Å². The number of nitrogens with one attached hydrogen (secondary N) is 1. The van der Waals surface area contributed by atoms with Crippen molar-refractivity contribution < 1.29 is 9.53 Å². The van der Waals surface area contributed by atoms with E-state index < -0.39 is 12.0 Å². The minimum atomic E-state index is -0.444. The van der Waals surface area contributed by atoms with Crippen LogP contribution in [0.1, 0.15) is 5.69 Å². The van der Waals surface area contributed by atoms with Crippen molar-refractivity contribution in [3.8, 4) is 6.07 Å². The maximum Gasteiger partial charge on any atom is 0.324 e. The number of hydrogen-bond acceptors (Lipinski definition) is 6. The number of nitrogens with zero attached hydrogens (tertiary/aromatic N) is 2. The molecule has 0 aliphatic heterocycles. The van der Waals surface area contributed by atoms with Gasteiger partial charge in [0.25, 0.3) is 0 Å². The number of aromatic nitrogens is 1. The van der Waals surface area contributed by atoms with Crippen LogP contribution in [0.25, 0.3) is 0 Å². The molecule has 0 spiro atoms. The van der Waals surface area contributed by atoms with Crippen molar-refractivity contribution in [2.75, 3.05) is 13.7 Å². The smallest absolute Gasteiger partial charge is 0.324 e. The molecule has 80 valence electrons. The average Bonchev–Trinajstić information content (AvgIpc) is 2.75. The Bertz CT molecular complexity index is 345. The van der Waals surface area contributed by atoms with E-state index in [2.05, 4.69) is 10.3 Å². The van der Waals surface area contributed by atoms with Gasteiger partial charge in [0.15, 0.2) is 6.61 Å². The zero-order valence-electron chi connectivity index (χ0n) is 8.27. The lowest BCUT2D eigenvalue weighted by molar-refractivity contribution is -0.144. The Balaban J connectivity index is 2.49. The first kappa shape index (κ1) is 11.6. The summed E-state index contributed by atoms with van der Waals surface area (Å²) < 4.78 is 4.71. The number of hydrogen-bond donors (Lipinski definition) is 1. The van der Waals surface area contributed by atoms with Crippen molar-refractivity contribution in [2.24, 2.45) is 0 Å². The summed E-state index contributed by atoms with van der Waals surface area (Å²) in [6.45, 7) is -0.214. The van der Waals surface area contributed by atoms with Gasteiger partial charge in [0.1, 0.15) is 12.1 Å². The molecule has 6 heteroatoms. The molecular weight excluding hydrogens is 214 g/mol. The number of likely N-dealkylation sites (N-methyl/N-ethyl adjacent to an activating group) is 1. The van der Waals surface area contributed by atoms with Crippen LogP contribution in [-0.2, 0) is 16.0 Å². The molecule has 1 N–H and O–H groups in total. The summed E-state index contributed by atoms with van der Waals surface area (Å²) in [7, 11) is 1.67. The minimum absolute atomic E-state index is 0.214. The second kappa shape index (κ2) is 6.11. The molecule has 0 aliphatic rings. The van der Waals surface area contributed by atoms with E-state index in [4.69, 9.17) is 10.00 Å². The van der Waals surface area contributed by atoms with Crippen molar-refractivity contribution in [1.29, 1.82) is 5.26 Å². The van der Waals surface area contributed by atoms with Gasteiger partial charge in [-0.25, -0.2) is 4.98 Å². The van der Waals surface area contributed by atoms with E-state index in [0.717, 1.165) is 5.69 Å². The summed E-state index contributed by atoms with van der Waals surface area (Å²) in [5.74, 6) is -0.424. The highest BCUT2D eigenvalue weighted by Gasteiger charge is 2.18. The van der Waals surface area contributed by atoms with Crippen molar-refractivity contribution in [1.82, 2.24) is 10.3 Å². The monoisotopic (exact) mass is 225 g/mol. The molecule has 1 aromatic heterocycles. The first-order chi connectivity index (χ1) is 7.27. The van der Waals surface area contributed by atoms with Gasteiger partial charge in [0.05, 0.1) is 11.2 Å². The first-order valence-corrected chi connectivity index (χ1v) is 5.30. The average molecular weight is 225 g/mol. The molecule has 0 aliphatic carbocycles. The highest BCUT2D eigenvalue weighted by Crippen LogP contribution is 2.05. The third-order valence-corrected chi connectivity index (χ3v) is 2.44. The van der Waals surface area contributed by atoms with Crippen molar-refractivity contribution in [2.45, 2.75) is 12.5 Å². The van der Waals surface area contributed by atoms with E-state index in [1.807, 2.05) is 5.38 Å². The molecule has 0 fully saturated rings. The Morgan fingerprint density at radius 1 is 1.87 bits per heavy atom. The SMILES string of the molecule is CNC(Cc1cscn1)C(=O)OCC#N. The van der Waals surface area contributed by atoms with Crippen molar-refractivity contribution >= 4 is 17.3 Å². The molecule has 1 rings (SSSR count). The summed E-state index contributed by atoms with van der Waals surface area (Å²) in [6.07, 6.45) is 0.476. The Hall–Kier alpha value is -1.45. The van der Waals surface area contributed by atoms with Gasteiger partial charge in [-0.15, -0.1) is 11.3 Å². The van der Waals surface area contributed by atoms with Gasteiger partial charge in [0.2, 0.25) is 0 Å². The highest BCUT2D eigenvalue weighted by atomic mass is 32.1. The molecule has 0 saturated heterocycles. The van der Waals surface area contributed by atoms with Gasteiger partial charge < -0.3 is 10.1 Å². The molecule has 0 aromatic carbocycles. The maximum absolute atomic E-state index is 11.4. The summed E-state index contributed by atoms with van der Waals surface area (Å²) in [4.78, 5) is 15.5. The fraction of sp³-hybridized carbons (Fsp3) is 0.444. The van der Waals surface area contributed by atoms with Crippen LogP contribution in [0.15, 0.2) is 10.9 Å². The van der Waals surface area contributed by atoms with E-state index in [-0.39, 0.29) is 6.61 Å². The number of ether oxygens (including phenoxy) is 1. The molecule has 1 unspecified atom stereocenters. The fourth-order valence-electron chi connectivity index (χ4n) is 1.05. The second-order valence-corrected chi connectivity index (χ2v) is 3.51. The number of thiazole rings is 1. The molecule has 0 amide bonds. The van der Waals surface area contributed by atoms with Crippen LogP contribution in [0.2, 0.25) is 0 Å². The fourth-order valence-corrected chi connectivity index (χ4v) is 1.63. The van der Waals surface area contributed by atoms with Gasteiger partial charge in [-0.3, -0.25) is 4.79 Å². The Labute approximate surface area is 91.7 Å². The third-order valence-electron chi connectivity index (χ3n) is 1.81. The van der Waals surface area contributed by atoms with E-state index in [1.54, 1.807) is 18.6 Å². The standard InChI is InChI=1S/C9H11N3O2S/c1-11-8(9(13)14-3-2-10)4-7-5-15-6-12-7/h5-6,8,11H,3-4H2,1H3. The molecule has 1 atom stereocenters. The van der Waals surface area contributed by atoms with Crippen LogP contribution in [0.4, 0.5) is 0 Å². The number of carbonyl (C=O) groups is 1. The molecule has 0 radical (unpaired) electrons.